The monoisotopic (exact) mass is 308 g/mol. The van der Waals surface area contributed by atoms with Gasteiger partial charge in [0.05, 0.1) is 4.34 Å². The van der Waals surface area contributed by atoms with E-state index in [-0.39, 0.29) is 4.21 Å². The van der Waals surface area contributed by atoms with E-state index in [1.54, 1.807) is 6.07 Å². The van der Waals surface area contributed by atoms with E-state index in [0.717, 1.165) is 37.0 Å². The molecular formula is C11H17ClN2O2S2. The van der Waals surface area contributed by atoms with E-state index in [1.165, 1.54) is 12.5 Å². The van der Waals surface area contributed by atoms with Gasteiger partial charge < -0.3 is 5.73 Å². The van der Waals surface area contributed by atoms with Gasteiger partial charge in [0.1, 0.15) is 4.21 Å². The molecule has 0 bridgehead atoms. The average molecular weight is 309 g/mol. The van der Waals surface area contributed by atoms with Gasteiger partial charge in [0.2, 0.25) is 10.0 Å². The average Bonchev–Trinajstić information content (AvgIpc) is 2.76. The molecule has 2 rings (SSSR count). The van der Waals surface area contributed by atoms with Crippen molar-refractivity contribution in [2.24, 2.45) is 5.73 Å². The van der Waals surface area contributed by atoms with Crippen LogP contribution in [0, 0.1) is 0 Å². The van der Waals surface area contributed by atoms with Gasteiger partial charge in [-0.25, -0.2) is 13.1 Å². The van der Waals surface area contributed by atoms with Crippen LogP contribution in [-0.4, -0.2) is 20.5 Å². The minimum atomic E-state index is -3.47. The molecule has 0 atom stereocenters. The first-order valence-electron chi connectivity index (χ1n) is 5.95. The van der Waals surface area contributed by atoms with Crippen LogP contribution in [0.1, 0.15) is 32.1 Å². The Morgan fingerprint density at radius 2 is 2.00 bits per heavy atom. The number of nitrogens with one attached hydrogen (secondary N) is 1. The van der Waals surface area contributed by atoms with Gasteiger partial charge in [-0.1, -0.05) is 30.9 Å². The van der Waals surface area contributed by atoms with Crippen LogP contribution < -0.4 is 10.5 Å². The van der Waals surface area contributed by atoms with Crippen molar-refractivity contribution in [1.29, 1.82) is 0 Å². The Bertz CT molecular complexity index is 507. The van der Waals surface area contributed by atoms with Crippen LogP contribution >= 0.6 is 22.9 Å². The molecule has 1 aromatic heterocycles. The van der Waals surface area contributed by atoms with Crippen LogP contribution in [0.4, 0.5) is 0 Å². The molecule has 1 heterocycles. The maximum absolute atomic E-state index is 12.0. The van der Waals surface area contributed by atoms with E-state index in [1.807, 2.05) is 0 Å². The zero-order valence-corrected chi connectivity index (χ0v) is 12.4. The number of hydrogen-bond acceptors (Lipinski definition) is 4. The molecule has 1 fully saturated rings. The molecule has 1 saturated carbocycles. The molecule has 4 nitrogen and oxygen atoms in total. The van der Waals surface area contributed by atoms with E-state index in [0.29, 0.717) is 10.9 Å². The summed E-state index contributed by atoms with van der Waals surface area (Å²) >= 11 is 6.80. The largest absolute Gasteiger partial charge is 0.324 e. The number of hydrogen-bond donors (Lipinski definition) is 2. The Labute approximate surface area is 117 Å². The normalized spacial score (nSPS) is 19.9. The number of sulfonamides is 1. The summed E-state index contributed by atoms with van der Waals surface area (Å²) in [4.78, 5) is 0. The predicted octanol–water partition coefficient (Wildman–Crippen LogP) is 2.34. The van der Waals surface area contributed by atoms with Crippen molar-refractivity contribution in [2.75, 3.05) is 6.54 Å². The van der Waals surface area contributed by atoms with Crippen LogP contribution in [0.3, 0.4) is 0 Å². The second kappa shape index (κ2) is 5.46. The lowest BCUT2D eigenvalue weighted by atomic mass is 9.83. The number of thiophene rings is 1. The Hall–Kier alpha value is -0.140. The highest BCUT2D eigenvalue weighted by Crippen LogP contribution is 2.27. The van der Waals surface area contributed by atoms with Crippen LogP contribution in [-0.2, 0) is 10.0 Å². The SMILES string of the molecule is NC1(CNS(=O)(=O)c2ccc(Cl)s2)CCCCC1. The molecular weight excluding hydrogens is 292 g/mol. The molecule has 3 N–H and O–H groups in total. The third-order valence-corrected chi connectivity index (χ3v) is 6.40. The van der Waals surface area contributed by atoms with Crippen molar-refractivity contribution in [3.8, 4) is 0 Å². The molecule has 1 aliphatic carbocycles. The maximum Gasteiger partial charge on any atom is 0.250 e. The summed E-state index contributed by atoms with van der Waals surface area (Å²) in [5.74, 6) is 0. The van der Waals surface area contributed by atoms with Crippen molar-refractivity contribution in [3.63, 3.8) is 0 Å². The summed E-state index contributed by atoms with van der Waals surface area (Å²) in [5.41, 5.74) is 5.80. The quantitative estimate of drug-likeness (QED) is 0.896. The third-order valence-electron chi connectivity index (χ3n) is 3.28. The fourth-order valence-corrected chi connectivity index (χ4v) is 4.85. The van der Waals surface area contributed by atoms with E-state index < -0.39 is 15.6 Å². The van der Waals surface area contributed by atoms with Crippen molar-refractivity contribution < 1.29 is 8.42 Å². The first kappa shape index (κ1) is 14.3. The van der Waals surface area contributed by atoms with Gasteiger partial charge in [0.25, 0.3) is 0 Å². The molecule has 1 aromatic rings. The van der Waals surface area contributed by atoms with Gasteiger partial charge in [0.15, 0.2) is 0 Å². The Morgan fingerprint density at radius 3 is 2.56 bits per heavy atom. The van der Waals surface area contributed by atoms with Crippen molar-refractivity contribution >= 4 is 33.0 Å². The first-order valence-corrected chi connectivity index (χ1v) is 8.63. The summed E-state index contributed by atoms with van der Waals surface area (Å²) in [7, 11) is -3.47. The molecule has 0 spiro atoms. The maximum atomic E-state index is 12.0. The molecule has 102 valence electrons. The zero-order chi connectivity index (χ0) is 13.2. The summed E-state index contributed by atoms with van der Waals surface area (Å²) in [5, 5.41) is 0. The van der Waals surface area contributed by atoms with E-state index in [2.05, 4.69) is 4.72 Å². The summed E-state index contributed by atoms with van der Waals surface area (Å²) in [6.45, 7) is 0.296. The van der Waals surface area contributed by atoms with E-state index >= 15 is 0 Å². The molecule has 1 aliphatic rings. The molecule has 0 aliphatic heterocycles. The van der Waals surface area contributed by atoms with Crippen LogP contribution in [0.5, 0.6) is 0 Å². The Kier molecular flexibility index (Phi) is 4.33. The number of nitrogens with two attached hydrogens (primary N) is 1. The van der Waals surface area contributed by atoms with Gasteiger partial charge in [-0.15, -0.1) is 11.3 Å². The van der Waals surface area contributed by atoms with Crippen molar-refractivity contribution in [1.82, 2.24) is 4.72 Å². The summed E-state index contributed by atoms with van der Waals surface area (Å²) in [6, 6.07) is 3.10. The van der Waals surface area contributed by atoms with Crippen LogP contribution in [0.15, 0.2) is 16.3 Å². The van der Waals surface area contributed by atoms with Crippen LogP contribution in [0.25, 0.3) is 0 Å². The molecule has 0 radical (unpaired) electrons. The van der Waals surface area contributed by atoms with Crippen molar-refractivity contribution in [2.45, 2.75) is 41.9 Å². The lowest BCUT2D eigenvalue weighted by Gasteiger charge is -2.33. The van der Waals surface area contributed by atoms with E-state index in [9.17, 15) is 8.42 Å². The standard InChI is InChI=1S/C11H17ClN2O2S2/c12-9-4-5-10(17-9)18(15,16)14-8-11(13)6-2-1-3-7-11/h4-5,14H,1-3,6-8,13H2. The van der Waals surface area contributed by atoms with Crippen molar-refractivity contribution in [3.05, 3.63) is 16.5 Å². The lowest BCUT2D eigenvalue weighted by molar-refractivity contribution is 0.296. The second-order valence-corrected chi connectivity index (χ2v) is 8.52. The number of halogens is 1. The molecule has 18 heavy (non-hydrogen) atoms. The molecule has 0 aromatic carbocycles. The van der Waals surface area contributed by atoms with E-state index in [4.69, 9.17) is 17.3 Å². The Balaban J connectivity index is 2.01. The zero-order valence-electron chi connectivity index (χ0n) is 9.99. The first-order chi connectivity index (χ1) is 8.41. The van der Waals surface area contributed by atoms with Gasteiger partial charge in [0, 0.05) is 12.1 Å². The minimum Gasteiger partial charge on any atom is -0.324 e. The predicted molar refractivity (Wildman–Crippen MR) is 74.5 cm³/mol. The van der Waals surface area contributed by atoms with Gasteiger partial charge in [-0.05, 0) is 25.0 Å². The fourth-order valence-electron chi connectivity index (χ4n) is 2.18. The highest BCUT2D eigenvalue weighted by atomic mass is 35.5. The third kappa shape index (κ3) is 3.45. The fraction of sp³-hybridized carbons (Fsp3) is 0.636. The molecule has 0 unspecified atom stereocenters. The van der Waals surface area contributed by atoms with Gasteiger partial charge >= 0.3 is 0 Å². The highest BCUT2D eigenvalue weighted by molar-refractivity contribution is 7.91. The smallest absolute Gasteiger partial charge is 0.250 e. The second-order valence-electron chi connectivity index (χ2n) is 4.81. The van der Waals surface area contributed by atoms with Gasteiger partial charge in [-0.3, -0.25) is 0 Å². The van der Waals surface area contributed by atoms with Crippen LogP contribution in [0.2, 0.25) is 4.34 Å². The lowest BCUT2D eigenvalue weighted by Crippen LogP contribution is -2.51. The highest BCUT2D eigenvalue weighted by Gasteiger charge is 2.29. The van der Waals surface area contributed by atoms with Gasteiger partial charge in [-0.2, -0.15) is 0 Å². The Morgan fingerprint density at radius 1 is 1.33 bits per heavy atom. The minimum absolute atomic E-state index is 0.243. The number of rotatable bonds is 4. The molecule has 0 amide bonds. The summed E-state index contributed by atoms with van der Waals surface area (Å²) in [6.07, 6.45) is 5.08. The topological polar surface area (TPSA) is 72.2 Å². The molecule has 7 heteroatoms. The summed E-state index contributed by atoms with van der Waals surface area (Å²) < 4.78 is 27.3. The molecule has 0 saturated heterocycles.